The molecule has 0 aliphatic rings. The molecule has 2 aromatic carbocycles. The third-order valence-corrected chi connectivity index (χ3v) is 4.13. The molecule has 3 N–H and O–H groups in total. The van der Waals surface area contributed by atoms with Crippen molar-refractivity contribution in [1.82, 2.24) is 14.9 Å². The summed E-state index contributed by atoms with van der Waals surface area (Å²) in [5.41, 5.74) is 7.94. The zero-order chi connectivity index (χ0) is 20.1. The first-order valence-electron chi connectivity index (χ1n) is 9.24. The number of hydrogen-bond acceptors (Lipinski definition) is 4. The number of rotatable bonds is 5. The number of carbonyl (C=O) groups excluding carboxylic acids is 1. The van der Waals surface area contributed by atoms with Crippen LogP contribution in [-0.4, -0.2) is 21.2 Å². The number of imidazole rings is 1. The maximum atomic E-state index is 12.5. The van der Waals surface area contributed by atoms with Crippen molar-refractivity contribution in [3.05, 3.63) is 78.4 Å². The smallest absolute Gasteiger partial charge is 0.408 e. The second kappa shape index (κ2) is 8.17. The number of carbonyl (C=O) groups is 1. The molecule has 0 saturated carbocycles. The van der Waals surface area contributed by atoms with E-state index >= 15 is 0 Å². The maximum absolute atomic E-state index is 12.5. The van der Waals surface area contributed by atoms with E-state index in [9.17, 15) is 4.79 Å². The summed E-state index contributed by atoms with van der Waals surface area (Å²) in [5, 5.41) is 2.98. The van der Waals surface area contributed by atoms with Gasteiger partial charge in [0.15, 0.2) is 0 Å². The molecule has 0 fully saturated rings. The van der Waals surface area contributed by atoms with Crippen LogP contribution < -0.4 is 11.1 Å². The third-order valence-electron chi connectivity index (χ3n) is 4.13. The maximum Gasteiger partial charge on any atom is 0.408 e. The highest BCUT2D eigenvalue weighted by Crippen LogP contribution is 2.22. The van der Waals surface area contributed by atoms with Crippen molar-refractivity contribution in [2.45, 2.75) is 38.8 Å². The van der Waals surface area contributed by atoms with Crippen LogP contribution in [0.15, 0.2) is 67.0 Å². The Balaban J connectivity index is 1.91. The van der Waals surface area contributed by atoms with Crippen LogP contribution in [0.4, 0.5) is 10.5 Å². The molecule has 6 nitrogen and oxygen atoms in total. The minimum absolute atomic E-state index is 0.357. The summed E-state index contributed by atoms with van der Waals surface area (Å²) in [5.74, 6) is 0.722. The molecule has 146 valence electrons. The van der Waals surface area contributed by atoms with Gasteiger partial charge in [-0.2, -0.15) is 0 Å². The van der Waals surface area contributed by atoms with Gasteiger partial charge in [0.25, 0.3) is 0 Å². The van der Waals surface area contributed by atoms with Crippen LogP contribution in [0.1, 0.15) is 38.2 Å². The van der Waals surface area contributed by atoms with Crippen molar-refractivity contribution in [1.29, 1.82) is 0 Å². The van der Waals surface area contributed by atoms with Gasteiger partial charge in [-0.15, -0.1) is 0 Å². The van der Waals surface area contributed by atoms with Gasteiger partial charge in [-0.25, -0.2) is 9.78 Å². The highest BCUT2D eigenvalue weighted by Gasteiger charge is 2.24. The summed E-state index contributed by atoms with van der Waals surface area (Å²) >= 11 is 0. The normalized spacial score (nSPS) is 12.4. The van der Waals surface area contributed by atoms with Crippen molar-refractivity contribution in [3.8, 4) is 5.69 Å². The summed E-state index contributed by atoms with van der Waals surface area (Å²) < 4.78 is 7.41. The molecule has 0 radical (unpaired) electrons. The van der Waals surface area contributed by atoms with E-state index in [0.29, 0.717) is 12.1 Å². The van der Waals surface area contributed by atoms with Gasteiger partial charge in [-0.3, -0.25) is 0 Å². The van der Waals surface area contributed by atoms with Gasteiger partial charge in [-0.05, 0) is 50.6 Å². The van der Waals surface area contributed by atoms with Gasteiger partial charge in [-0.1, -0.05) is 30.3 Å². The molecule has 1 amide bonds. The number of ether oxygens (including phenoxy) is 1. The molecule has 1 atom stereocenters. The number of aromatic nitrogens is 2. The van der Waals surface area contributed by atoms with Crippen LogP contribution in [-0.2, 0) is 11.2 Å². The quantitative estimate of drug-likeness (QED) is 0.650. The van der Waals surface area contributed by atoms with Crippen LogP contribution >= 0.6 is 0 Å². The average molecular weight is 378 g/mol. The third kappa shape index (κ3) is 5.13. The van der Waals surface area contributed by atoms with Crippen LogP contribution in [0.2, 0.25) is 0 Å². The first kappa shape index (κ1) is 19.5. The second-order valence-electron chi connectivity index (χ2n) is 7.64. The fourth-order valence-electron chi connectivity index (χ4n) is 2.93. The number of amides is 1. The van der Waals surface area contributed by atoms with E-state index in [1.54, 1.807) is 6.20 Å². The Hall–Kier alpha value is -3.28. The molecular weight excluding hydrogens is 352 g/mol. The molecule has 6 heteroatoms. The van der Waals surface area contributed by atoms with Crippen molar-refractivity contribution >= 4 is 11.8 Å². The van der Waals surface area contributed by atoms with E-state index in [1.807, 2.05) is 86.1 Å². The summed E-state index contributed by atoms with van der Waals surface area (Å²) in [6.07, 6.45) is 3.71. The zero-order valence-corrected chi connectivity index (χ0v) is 16.4. The Labute approximate surface area is 165 Å². The number of nitrogen functional groups attached to an aromatic ring is 1. The second-order valence-corrected chi connectivity index (χ2v) is 7.64. The lowest BCUT2D eigenvalue weighted by atomic mass is 10.1. The van der Waals surface area contributed by atoms with E-state index in [4.69, 9.17) is 10.5 Å². The van der Waals surface area contributed by atoms with Crippen LogP contribution in [0, 0.1) is 0 Å². The number of nitrogens with one attached hydrogen (secondary N) is 1. The van der Waals surface area contributed by atoms with Crippen LogP contribution in [0.5, 0.6) is 0 Å². The number of anilines is 1. The predicted octanol–water partition coefficient (Wildman–Crippen LogP) is 4.26. The Morgan fingerprint density at radius 3 is 2.46 bits per heavy atom. The Bertz CT molecular complexity index is 912. The van der Waals surface area contributed by atoms with Crippen molar-refractivity contribution in [2.24, 2.45) is 0 Å². The summed E-state index contributed by atoms with van der Waals surface area (Å²) in [6, 6.07) is 17.2. The van der Waals surface area contributed by atoms with E-state index < -0.39 is 11.7 Å². The molecule has 1 heterocycles. The largest absolute Gasteiger partial charge is 0.444 e. The molecule has 28 heavy (non-hydrogen) atoms. The van der Waals surface area contributed by atoms with E-state index in [-0.39, 0.29) is 6.04 Å². The molecule has 0 aliphatic carbocycles. The molecule has 3 rings (SSSR count). The molecule has 3 aromatic rings. The van der Waals surface area contributed by atoms with Crippen molar-refractivity contribution in [3.63, 3.8) is 0 Å². The molecule has 1 unspecified atom stereocenters. The Morgan fingerprint density at radius 1 is 1.14 bits per heavy atom. The number of alkyl carbamates (subject to hydrolysis) is 1. The molecule has 1 aromatic heterocycles. The minimum atomic E-state index is -0.576. The molecule has 0 spiro atoms. The van der Waals surface area contributed by atoms with Crippen LogP contribution in [0.3, 0.4) is 0 Å². The van der Waals surface area contributed by atoms with E-state index in [2.05, 4.69) is 10.3 Å². The molecule has 0 aliphatic heterocycles. The van der Waals surface area contributed by atoms with Gasteiger partial charge in [0.1, 0.15) is 11.4 Å². The van der Waals surface area contributed by atoms with Crippen LogP contribution in [0.25, 0.3) is 5.69 Å². The number of nitrogens with two attached hydrogens (primary N) is 1. The Morgan fingerprint density at radius 2 is 1.82 bits per heavy atom. The fourth-order valence-corrected chi connectivity index (χ4v) is 2.93. The minimum Gasteiger partial charge on any atom is -0.444 e. The van der Waals surface area contributed by atoms with Crippen molar-refractivity contribution < 1.29 is 9.53 Å². The first-order chi connectivity index (χ1) is 13.3. The highest BCUT2D eigenvalue weighted by atomic mass is 16.6. The van der Waals surface area contributed by atoms with Gasteiger partial charge in [0.2, 0.25) is 0 Å². The van der Waals surface area contributed by atoms with Gasteiger partial charge in [0, 0.05) is 30.2 Å². The van der Waals surface area contributed by atoms with E-state index in [1.165, 1.54) is 0 Å². The van der Waals surface area contributed by atoms with Gasteiger partial charge >= 0.3 is 6.09 Å². The Kier molecular flexibility index (Phi) is 5.68. The predicted molar refractivity (Wildman–Crippen MR) is 110 cm³/mol. The lowest BCUT2D eigenvalue weighted by Gasteiger charge is -2.24. The monoisotopic (exact) mass is 378 g/mol. The highest BCUT2D eigenvalue weighted by molar-refractivity contribution is 5.68. The lowest BCUT2D eigenvalue weighted by molar-refractivity contribution is 0.0500. The summed E-state index contributed by atoms with van der Waals surface area (Å²) in [7, 11) is 0. The average Bonchev–Trinajstić information content (AvgIpc) is 3.11. The zero-order valence-electron chi connectivity index (χ0n) is 16.4. The van der Waals surface area contributed by atoms with Crippen molar-refractivity contribution in [2.75, 3.05) is 5.73 Å². The molecule has 0 bridgehead atoms. The topological polar surface area (TPSA) is 82.2 Å². The number of hydrogen-bond donors (Lipinski definition) is 2. The van der Waals surface area contributed by atoms with Gasteiger partial charge < -0.3 is 20.4 Å². The van der Waals surface area contributed by atoms with Gasteiger partial charge in [0.05, 0.1) is 6.04 Å². The number of nitrogens with zero attached hydrogens (tertiary/aromatic N) is 2. The standard InChI is InChI=1S/C22H26N4O2/c1-22(2,3)28-21(27)25-19(15-16-7-5-4-6-8-16)20-24-13-14-26(20)18-11-9-17(23)10-12-18/h4-14,19H,15,23H2,1-3H3,(H,25,27). The molecule has 0 saturated heterocycles. The summed E-state index contributed by atoms with van der Waals surface area (Å²) in [6.45, 7) is 5.52. The summed E-state index contributed by atoms with van der Waals surface area (Å²) in [4.78, 5) is 17.0. The van der Waals surface area contributed by atoms with E-state index in [0.717, 1.165) is 17.1 Å². The fraction of sp³-hybridized carbons (Fsp3) is 0.273. The molecular formula is C22H26N4O2. The number of benzene rings is 2. The lowest BCUT2D eigenvalue weighted by Crippen LogP contribution is -2.36. The first-order valence-corrected chi connectivity index (χ1v) is 9.24. The SMILES string of the molecule is CC(C)(C)OC(=O)NC(Cc1ccccc1)c1nccn1-c1ccc(N)cc1.